The van der Waals surface area contributed by atoms with Gasteiger partial charge in [0.1, 0.15) is 5.82 Å². The molecule has 0 aliphatic rings. The second-order valence-electron chi connectivity index (χ2n) is 6.06. The Morgan fingerprint density at radius 3 is 2.41 bits per heavy atom. The van der Waals surface area contributed by atoms with Crippen LogP contribution in [0.4, 0.5) is 23.2 Å². The molecule has 0 aliphatic carbocycles. The Bertz CT molecular complexity index is 1020. The van der Waals surface area contributed by atoms with E-state index < -0.39 is 30.1 Å². The van der Waals surface area contributed by atoms with Gasteiger partial charge in [0.15, 0.2) is 12.4 Å². The lowest BCUT2D eigenvalue weighted by molar-refractivity contribution is -0.137. The zero-order valence-corrected chi connectivity index (χ0v) is 15.1. The van der Waals surface area contributed by atoms with Crippen molar-refractivity contribution in [1.82, 2.24) is 9.97 Å². The number of rotatable bonds is 5. The summed E-state index contributed by atoms with van der Waals surface area (Å²) in [5, 5.41) is 2.37. The summed E-state index contributed by atoms with van der Waals surface area (Å²) in [5.41, 5.74) is 0.0994. The highest BCUT2D eigenvalue weighted by atomic mass is 19.4. The Morgan fingerprint density at radius 1 is 1.07 bits per heavy atom. The zero-order valence-electron chi connectivity index (χ0n) is 15.1. The number of alkyl halides is 3. The van der Waals surface area contributed by atoms with Gasteiger partial charge >= 0.3 is 6.18 Å². The van der Waals surface area contributed by atoms with Gasteiger partial charge in [0.25, 0.3) is 5.91 Å². The van der Waals surface area contributed by atoms with E-state index >= 15 is 0 Å². The Kier molecular flexibility index (Phi) is 5.76. The maximum atomic E-state index is 13.6. The molecule has 0 saturated carbocycles. The summed E-state index contributed by atoms with van der Waals surface area (Å²) < 4.78 is 57.0. The maximum Gasteiger partial charge on any atom is 0.416 e. The average molecular weight is 405 g/mol. The minimum atomic E-state index is -4.44. The van der Waals surface area contributed by atoms with E-state index in [4.69, 9.17) is 4.74 Å². The first-order chi connectivity index (χ1) is 13.7. The molecule has 0 saturated heterocycles. The van der Waals surface area contributed by atoms with E-state index in [1.54, 1.807) is 13.0 Å². The molecule has 0 aliphatic heterocycles. The summed E-state index contributed by atoms with van der Waals surface area (Å²) in [4.78, 5) is 20.3. The molecule has 1 amide bonds. The quantitative estimate of drug-likeness (QED) is 0.629. The van der Waals surface area contributed by atoms with Gasteiger partial charge in [0, 0.05) is 17.3 Å². The Balaban J connectivity index is 1.70. The summed E-state index contributed by atoms with van der Waals surface area (Å²) in [7, 11) is 0. The fourth-order valence-corrected chi connectivity index (χ4v) is 2.44. The SMILES string of the molecule is Cc1cc(OCC(=O)Nc2ccccc2F)nc(-c2ccc(C(F)(F)F)cc2)n1. The number of aryl methyl sites for hydroxylation is 1. The molecule has 0 bridgehead atoms. The van der Waals surface area contributed by atoms with Gasteiger partial charge in [-0.15, -0.1) is 0 Å². The van der Waals surface area contributed by atoms with E-state index in [0.717, 1.165) is 12.1 Å². The molecule has 0 spiro atoms. The average Bonchev–Trinajstić information content (AvgIpc) is 2.67. The lowest BCUT2D eigenvalue weighted by Crippen LogP contribution is -2.21. The molecule has 2 aromatic carbocycles. The number of aromatic nitrogens is 2. The summed E-state index contributed by atoms with van der Waals surface area (Å²) >= 11 is 0. The third-order valence-corrected chi connectivity index (χ3v) is 3.80. The number of benzene rings is 2. The van der Waals surface area contributed by atoms with Crippen molar-refractivity contribution in [3.05, 3.63) is 71.7 Å². The van der Waals surface area contributed by atoms with Crippen LogP contribution in [0, 0.1) is 12.7 Å². The highest BCUT2D eigenvalue weighted by Gasteiger charge is 2.30. The molecule has 0 radical (unpaired) electrons. The van der Waals surface area contributed by atoms with Crippen LogP contribution < -0.4 is 10.1 Å². The second kappa shape index (κ2) is 8.26. The van der Waals surface area contributed by atoms with Gasteiger partial charge < -0.3 is 10.1 Å². The van der Waals surface area contributed by atoms with Crippen LogP contribution in [-0.2, 0) is 11.0 Å². The number of carbonyl (C=O) groups is 1. The normalized spacial score (nSPS) is 11.2. The molecule has 1 aromatic heterocycles. The summed E-state index contributed by atoms with van der Waals surface area (Å²) in [5.74, 6) is -0.954. The molecule has 3 rings (SSSR count). The first-order valence-corrected chi connectivity index (χ1v) is 8.43. The molecule has 0 atom stereocenters. The molecule has 3 aromatic rings. The van der Waals surface area contributed by atoms with E-state index in [0.29, 0.717) is 11.3 Å². The molecule has 1 N–H and O–H groups in total. The van der Waals surface area contributed by atoms with E-state index in [1.807, 2.05) is 0 Å². The fourth-order valence-electron chi connectivity index (χ4n) is 2.44. The topological polar surface area (TPSA) is 64.1 Å². The minimum absolute atomic E-state index is 0.0189. The van der Waals surface area contributed by atoms with Crippen molar-refractivity contribution >= 4 is 11.6 Å². The maximum absolute atomic E-state index is 13.6. The molecular formula is C20H15F4N3O2. The standard InChI is InChI=1S/C20H15F4N3O2/c1-12-10-18(29-11-17(28)26-16-5-3-2-4-15(16)21)27-19(25-12)13-6-8-14(9-7-13)20(22,23)24/h2-10H,11H2,1H3,(H,26,28). The third kappa shape index (κ3) is 5.28. The first kappa shape index (κ1) is 20.2. The van der Waals surface area contributed by atoms with Crippen molar-refractivity contribution in [3.8, 4) is 17.3 Å². The van der Waals surface area contributed by atoms with Crippen molar-refractivity contribution < 1.29 is 27.1 Å². The number of para-hydroxylation sites is 1. The lowest BCUT2D eigenvalue weighted by Gasteiger charge is -2.10. The van der Waals surface area contributed by atoms with Crippen LogP contribution in [0.5, 0.6) is 5.88 Å². The number of anilines is 1. The molecule has 5 nitrogen and oxygen atoms in total. The number of nitrogens with zero attached hydrogens (tertiary/aromatic N) is 2. The molecule has 150 valence electrons. The number of hydrogen-bond donors (Lipinski definition) is 1. The molecule has 9 heteroatoms. The lowest BCUT2D eigenvalue weighted by atomic mass is 10.1. The molecule has 1 heterocycles. The Labute approximate surface area is 163 Å². The van der Waals surface area contributed by atoms with Crippen LogP contribution in [0.15, 0.2) is 54.6 Å². The number of amides is 1. The monoisotopic (exact) mass is 405 g/mol. The number of nitrogens with one attached hydrogen (secondary N) is 1. The minimum Gasteiger partial charge on any atom is -0.467 e. The predicted molar refractivity (Wildman–Crippen MR) is 97.7 cm³/mol. The molecule has 0 fully saturated rings. The summed E-state index contributed by atoms with van der Waals surface area (Å²) in [6.45, 7) is 1.22. The van der Waals surface area contributed by atoms with Gasteiger partial charge in [0.2, 0.25) is 5.88 Å². The largest absolute Gasteiger partial charge is 0.467 e. The smallest absolute Gasteiger partial charge is 0.416 e. The van der Waals surface area contributed by atoms with Crippen LogP contribution in [-0.4, -0.2) is 22.5 Å². The summed E-state index contributed by atoms with van der Waals surface area (Å²) in [6.07, 6.45) is -4.44. The fraction of sp³-hybridized carbons (Fsp3) is 0.150. The number of carbonyl (C=O) groups excluding carboxylic acids is 1. The van der Waals surface area contributed by atoms with E-state index in [-0.39, 0.29) is 17.4 Å². The van der Waals surface area contributed by atoms with Gasteiger partial charge in [-0.25, -0.2) is 9.37 Å². The van der Waals surface area contributed by atoms with E-state index in [9.17, 15) is 22.4 Å². The number of hydrogen-bond acceptors (Lipinski definition) is 4. The van der Waals surface area contributed by atoms with Crippen molar-refractivity contribution in [3.63, 3.8) is 0 Å². The molecular weight excluding hydrogens is 390 g/mol. The third-order valence-electron chi connectivity index (χ3n) is 3.80. The van der Waals surface area contributed by atoms with E-state index in [2.05, 4.69) is 15.3 Å². The summed E-state index contributed by atoms with van der Waals surface area (Å²) in [6, 6.07) is 11.5. The number of halogens is 4. The molecule has 0 unspecified atom stereocenters. The first-order valence-electron chi connectivity index (χ1n) is 8.43. The van der Waals surface area contributed by atoms with Crippen LogP contribution >= 0.6 is 0 Å². The Morgan fingerprint density at radius 2 is 1.76 bits per heavy atom. The van der Waals surface area contributed by atoms with Crippen molar-refractivity contribution in [1.29, 1.82) is 0 Å². The van der Waals surface area contributed by atoms with Gasteiger partial charge in [-0.3, -0.25) is 4.79 Å². The van der Waals surface area contributed by atoms with Gasteiger partial charge in [-0.1, -0.05) is 24.3 Å². The highest BCUT2D eigenvalue weighted by molar-refractivity contribution is 5.91. The van der Waals surface area contributed by atoms with Crippen LogP contribution in [0.3, 0.4) is 0 Å². The predicted octanol–water partition coefficient (Wildman–Crippen LogP) is 4.63. The van der Waals surface area contributed by atoms with Crippen molar-refractivity contribution in [2.24, 2.45) is 0 Å². The van der Waals surface area contributed by atoms with Crippen molar-refractivity contribution in [2.45, 2.75) is 13.1 Å². The van der Waals surface area contributed by atoms with Gasteiger partial charge in [-0.2, -0.15) is 18.2 Å². The van der Waals surface area contributed by atoms with Crippen LogP contribution in [0.25, 0.3) is 11.4 Å². The zero-order chi connectivity index (χ0) is 21.0. The molecule has 29 heavy (non-hydrogen) atoms. The van der Waals surface area contributed by atoms with Crippen LogP contribution in [0.2, 0.25) is 0 Å². The highest BCUT2D eigenvalue weighted by Crippen LogP contribution is 2.30. The van der Waals surface area contributed by atoms with Gasteiger partial charge in [-0.05, 0) is 31.2 Å². The Hall–Kier alpha value is -3.49. The number of ether oxygens (including phenoxy) is 1. The van der Waals surface area contributed by atoms with E-state index in [1.165, 1.54) is 36.4 Å². The van der Waals surface area contributed by atoms with Crippen molar-refractivity contribution in [2.75, 3.05) is 11.9 Å². The second-order valence-corrected chi connectivity index (χ2v) is 6.06. The van der Waals surface area contributed by atoms with Crippen LogP contribution in [0.1, 0.15) is 11.3 Å². The van der Waals surface area contributed by atoms with Gasteiger partial charge in [0.05, 0.1) is 11.3 Å².